The van der Waals surface area contributed by atoms with Crippen molar-refractivity contribution in [3.8, 4) is 22.6 Å². The molecule has 12 heteroatoms. The first kappa shape index (κ1) is 33.6. The number of aryl methyl sites for hydroxylation is 6. The van der Waals surface area contributed by atoms with Crippen molar-refractivity contribution in [2.75, 3.05) is 18.1 Å². The first-order valence-corrected chi connectivity index (χ1v) is 17.1. The van der Waals surface area contributed by atoms with Gasteiger partial charge in [0, 0.05) is 71.9 Å². The lowest BCUT2D eigenvalue weighted by Gasteiger charge is -2.30. The van der Waals surface area contributed by atoms with Gasteiger partial charge in [-0.3, -0.25) is 9.48 Å². The molecular weight excluding hydrogens is 677 g/mol. The molecule has 0 saturated carbocycles. The Labute approximate surface area is 299 Å². The summed E-state index contributed by atoms with van der Waals surface area (Å²) in [5, 5.41) is 28.0. The van der Waals surface area contributed by atoms with E-state index in [1.807, 2.05) is 63.7 Å². The molecule has 4 heterocycles. The Bertz CT molecular complexity index is 2380. The Morgan fingerprint density at radius 1 is 0.960 bits per heavy atom. The standard InChI is InChI=1S/C38H37Cl2N5O5/c1-19-14-24(15-20(2)34(19)40)50-13-7-8-25-26-9-10-28(39)33(32-21(3)41-43(6)22(32)4)35(26)45-12-11-44(37(47)36(25)45)30-17-23(46)16-29-27(30)18-31(38(48)49)42(29)5/h9-10,14-18,46H,7-8,11-13H2,1-6H3,(H,48,49). The molecule has 1 aliphatic heterocycles. The molecule has 0 bridgehead atoms. The van der Waals surface area contributed by atoms with Crippen molar-refractivity contribution in [1.29, 1.82) is 0 Å². The van der Waals surface area contributed by atoms with E-state index in [4.69, 9.17) is 27.9 Å². The number of ether oxygens (including phenoxy) is 1. The highest BCUT2D eigenvalue weighted by Crippen LogP contribution is 2.44. The minimum atomic E-state index is -1.10. The smallest absolute Gasteiger partial charge is 0.352 e. The van der Waals surface area contributed by atoms with E-state index in [1.165, 1.54) is 16.7 Å². The molecule has 2 N–H and O–H groups in total. The van der Waals surface area contributed by atoms with Gasteiger partial charge in [0.2, 0.25) is 0 Å². The van der Waals surface area contributed by atoms with Crippen LogP contribution in [-0.2, 0) is 27.1 Å². The fourth-order valence-corrected chi connectivity index (χ4v) is 7.86. The Hall–Kier alpha value is -4.93. The number of aromatic carboxylic acids is 1. The number of phenolic OH excluding ortho intramolecular Hbond substituents is 1. The zero-order valence-corrected chi connectivity index (χ0v) is 30.2. The van der Waals surface area contributed by atoms with E-state index in [0.29, 0.717) is 59.8 Å². The number of rotatable bonds is 8. The van der Waals surface area contributed by atoms with Crippen LogP contribution in [0, 0.1) is 27.7 Å². The molecule has 0 fully saturated rings. The number of anilines is 1. The van der Waals surface area contributed by atoms with E-state index >= 15 is 0 Å². The van der Waals surface area contributed by atoms with Crippen LogP contribution in [0.2, 0.25) is 10.0 Å². The van der Waals surface area contributed by atoms with E-state index in [1.54, 1.807) is 18.0 Å². The van der Waals surface area contributed by atoms with E-state index < -0.39 is 5.97 Å². The van der Waals surface area contributed by atoms with Crippen molar-refractivity contribution in [3.63, 3.8) is 0 Å². The quantitative estimate of drug-likeness (QED) is 0.154. The average molecular weight is 715 g/mol. The summed E-state index contributed by atoms with van der Waals surface area (Å²) in [5.41, 5.74) is 8.73. The van der Waals surface area contributed by atoms with Gasteiger partial charge in [0.25, 0.3) is 5.91 Å². The third-order valence-electron chi connectivity index (χ3n) is 9.92. The number of hydrogen-bond donors (Lipinski definition) is 2. The number of phenols is 1. The van der Waals surface area contributed by atoms with Gasteiger partial charge in [-0.1, -0.05) is 29.3 Å². The van der Waals surface area contributed by atoms with Crippen molar-refractivity contribution >= 4 is 62.6 Å². The van der Waals surface area contributed by atoms with Gasteiger partial charge in [-0.25, -0.2) is 4.79 Å². The van der Waals surface area contributed by atoms with Crippen molar-refractivity contribution < 1.29 is 24.5 Å². The third-order valence-corrected chi connectivity index (χ3v) is 10.8. The Morgan fingerprint density at radius 3 is 2.34 bits per heavy atom. The van der Waals surface area contributed by atoms with Crippen molar-refractivity contribution in [1.82, 2.24) is 18.9 Å². The van der Waals surface area contributed by atoms with E-state index in [9.17, 15) is 19.8 Å². The molecule has 10 nitrogen and oxygen atoms in total. The van der Waals surface area contributed by atoms with Crippen LogP contribution in [-0.4, -0.2) is 54.2 Å². The first-order chi connectivity index (χ1) is 23.8. The fraction of sp³-hybridized carbons (Fsp3) is 0.289. The molecule has 3 aromatic heterocycles. The summed E-state index contributed by atoms with van der Waals surface area (Å²) in [6.45, 7) is 9.02. The second-order valence-corrected chi connectivity index (χ2v) is 13.8. The maximum atomic E-state index is 14.8. The minimum absolute atomic E-state index is 0.0543. The lowest BCUT2D eigenvalue weighted by atomic mass is 9.98. The summed E-state index contributed by atoms with van der Waals surface area (Å²) in [5.74, 6) is -0.672. The normalized spacial score (nSPS) is 13.1. The number of amides is 1. The van der Waals surface area contributed by atoms with Gasteiger partial charge in [-0.05, 0) is 81.5 Å². The lowest BCUT2D eigenvalue weighted by Crippen LogP contribution is -2.40. The zero-order valence-electron chi connectivity index (χ0n) is 28.7. The third kappa shape index (κ3) is 5.29. The number of carboxylic acids is 1. The van der Waals surface area contributed by atoms with Gasteiger partial charge < -0.3 is 29.0 Å². The average Bonchev–Trinajstić information content (AvgIpc) is 3.66. The Balaban J connectivity index is 1.36. The summed E-state index contributed by atoms with van der Waals surface area (Å²) in [6.07, 6.45) is 1.17. The van der Waals surface area contributed by atoms with E-state index in [2.05, 4.69) is 9.67 Å². The number of nitrogens with zero attached hydrogens (tertiary/aromatic N) is 5. The first-order valence-electron chi connectivity index (χ1n) is 16.4. The predicted molar refractivity (Wildman–Crippen MR) is 197 cm³/mol. The number of hydrogen-bond acceptors (Lipinski definition) is 5. The van der Waals surface area contributed by atoms with Gasteiger partial charge >= 0.3 is 5.97 Å². The highest BCUT2D eigenvalue weighted by atomic mass is 35.5. The second-order valence-electron chi connectivity index (χ2n) is 13.0. The number of carbonyl (C=O) groups excluding carboxylic acids is 1. The monoisotopic (exact) mass is 713 g/mol. The highest BCUT2D eigenvalue weighted by molar-refractivity contribution is 6.35. The number of aromatic hydroxyl groups is 1. The molecule has 1 amide bonds. The van der Waals surface area contributed by atoms with Gasteiger partial charge in [0.05, 0.1) is 34.0 Å². The van der Waals surface area contributed by atoms with Crippen LogP contribution >= 0.6 is 23.2 Å². The molecule has 0 saturated heterocycles. The molecule has 0 atom stereocenters. The highest BCUT2D eigenvalue weighted by Gasteiger charge is 2.35. The van der Waals surface area contributed by atoms with Gasteiger partial charge in [-0.2, -0.15) is 5.10 Å². The molecule has 0 radical (unpaired) electrons. The van der Waals surface area contributed by atoms with Crippen molar-refractivity contribution in [2.24, 2.45) is 14.1 Å². The molecule has 0 unspecified atom stereocenters. The number of carboxylic acid groups (broad SMARTS) is 1. The summed E-state index contributed by atoms with van der Waals surface area (Å²) in [4.78, 5) is 28.5. The lowest BCUT2D eigenvalue weighted by molar-refractivity contribution is 0.0686. The Kier molecular flexibility index (Phi) is 8.35. The van der Waals surface area contributed by atoms with Crippen molar-refractivity contribution in [2.45, 2.75) is 47.1 Å². The largest absolute Gasteiger partial charge is 0.508 e. The number of fused-ring (bicyclic) bond motifs is 4. The maximum Gasteiger partial charge on any atom is 0.352 e. The molecule has 3 aromatic carbocycles. The van der Waals surface area contributed by atoms with Crippen molar-refractivity contribution in [3.05, 3.63) is 92.0 Å². The number of carbonyl (C=O) groups is 2. The van der Waals surface area contributed by atoms with Crippen LogP contribution in [0.4, 0.5) is 5.69 Å². The Morgan fingerprint density at radius 2 is 1.68 bits per heavy atom. The van der Waals surface area contributed by atoms with Gasteiger partial charge in [0.1, 0.15) is 22.9 Å². The predicted octanol–water partition coefficient (Wildman–Crippen LogP) is 8.15. The SMILES string of the molecule is Cc1cc(OCCCc2c3n(c4c(-c5c(C)nn(C)c5C)c(Cl)ccc24)CCN(c2cc(O)cc4c2cc(C(=O)O)n4C)C3=O)cc(C)c1Cl. The summed E-state index contributed by atoms with van der Waals surface area (Å²) in [7, 11) is 3.53. The molecule has 7 rings (SSSR count). The van der Waals surface area contributed by atoms with Gasteiger partial charge in [-0.15, -0.1) is 0 Å². The van der Waals surface area contributed by atoms with Crippen LogP contribution in [0.25, 0.3) is 32.9 Å². The topological polar surface area (TPSA) is 115 Å². The van der Waals surface area contributed by atoms with Crippen LogP contribution in [0.15, 0.2) is 42.5 Å². The summed E-state index contributed by atoms with van der Waals surface area (Å²) in [6, 6.07) is 12.3. The van der Waals surface area contributed by atoms with Crippen LogP contribution in [0.3, 0.4) is 0 Å². The van der Waals surface area contributed by atoms with Crippen LogP contribution in [0.1, 0.15) is 55.5 Å². The number of benzene rings is 3. The minimum Gasteiger partial charge on any atom is -0.508 e. The second kappa shape index (κ2) is 12.4. The zero-order chi connectivity index (χ0) is 35.8. The molecule has 0 aliphatic carbocycles. The summed E-state index contributed by atoms with van der Waals surface area (Å²) < 4.78 is 11.6. The molecule has 0 spiro atoms. The maximum absolute atomic E-state index is 14.8. The van der Waals surface area contributed by atoms with E-state index in [-0.39, 0.29) is 17.4 Å². The summed E-state index contributed by atoms with van der Waals surface area (Å²) >= 11 is 13.4. The molecule has 50 heavy (non-hydrogen) atoms. The number of halogens is 2. The molecule has 258 valence electrons. The molecule has 6 aromatic rings. The fourth-order valence-electron chi connectivity index (χ4n) is 7.50. The van der Waals surface area contributed by atoms with E-state index in [0.717, 1.165) is 60.9 Å². The van der Waals surface area contributed by atoms with Crippen LogP contribution < -0.4 is 9.64 Å². The van der Waals surface area contributed by atoms with Crippen LogP contribution in [0.5, 0.6) is 11.5 Å². The molecule has 1 aliphatic rings. The molecular formula is C38H37Cl2N5O5. The number of aromatic nitrogens is 4. The van der Waals surface area contributed by atoms with Gasteiger partial charge in [0.15, 0.2) is 0 Å².